The number of ether oxygens (including phenoxy) is 1. The van der Waals surface area contributed by atoms with Gasteiger partial charge in [0, 0.05) is 16.7 Å². The number of nitrogens with zero attached hydrogens (tertiary/aromatic N) is 1. The van der Waals surface area contributed by atoms with Gasteiger partial charge in [0.25, 0.3) is 5.91 Å². The van der Waals surface area contributed by atoms with Crippen LogP contribution in [0.25, 0.3) is 0 Å². The molecule has 0 atom stereocenters. The van der Waals surface area contributed by atoms with Gasteiger partial charge < -0.3 is 14.9 Å². The first-order chi connectivity index (χ1) is 11.0. The van der Waals surface area contributed by atoms with Crippen LogP contribution in [0.15, 0.2) is 41.5 Å². The number of benzene rings is 2. The lowest BCUT2D eigenvalue weighted by molar-refractivity contribution is -0.123. The number of halogens is 1. The van der Waals surface area contributed by atoms with Crippen LogP contribution in [0.3, 0.4) is 0 Å². The van der Waals surface area contributed by atoms with Crippen LogP contribution in [0.1, 0.15) is 11.1 Å². The number of carbonyl (C=O) groups excluding carboxylic acids is 1. The summed E-state index contributed by atoms with van der Waals surface area (Å²) in [6, 6.07) is 9.13. The Kier molecular flexibility index (Phi) is 5.43. The molecule has 2 aromatic rings. The minimum Gasteiger partial charge on any atom is -0.508 e. The molecule has 0 unspecified atom stereocenters. The first-order valence-corrected chi connectivity index (χ1v) is 7.06. The first-order valence-electron chi connectivity index (χ1n) is 6.68. The Labute approximate surface area is 138 Å². The van der Waals surface area contributed by atoms with E-state index in [0.29, 0.717) is 16.3 Å². The Morgan fingerprint density at radius 1 is 1.30 bits per heavy atom. The monoisotopic (exact) mass is 334 g/mol. The topological polar surface area (TPSA) is 91.2 Å². The molecule has 23 heavy (non-hydrogen) atoms. The molecule has 6 nitrogen and oxygen atoms in total. The highest BCUT2D eigenvalue weighted by atomic mass is 35.5. The van der Waals surface area contributed by atoms with E-state index in [-0.39, 0.29) is 18.1 Å². The Hall–Kier alpha value is -2.73. The Balaban J connectivity index is 1.85. The van der Waals surface area contributed by atoms with Crippen molar-refractivity contribution >= 4 is 23.7 Å². The average Bonchev–Trinajstić information content (AvgIpc) is 2.50. The molecule has 0 fully saturated rings. The van der Waals surface area contributed by atoms with E-state index in [4.69, 9.17) is 21.4 Å². The number of phenolic OH excluding ortho intramolecular Hbond substituents is 2. The van der Waals surface area contributed by atoms with Crippen LogP contribution in [0, 0.1) is 6.92 Å². The second-order valence-corrected chi connectivity index (χ2v) is 5.14. The number of amides is 1. The fourth-order valence-corrected chi connectivity index (χ4v) is 1.82. The van der Waals surface area contributed by atoms with E-state index in [0.717, 1.165) is 5.56 Å². The summed E-state index contributed by atoms with van der Waals surface area (Å²) in [5.41, 5.74) is 3.49. The maximum absolute atomic E-state index is 11.6. The van der Waals surface area contributed by atoms with Gasteiger partial charge in [0.1, 0.15) is 17.2 Å². The predicted octanol–water partition coefficient (Wildman–Crippen LogP) is 2.59. The third-order valence-corrected chi connectivity index (χ3v) is 3.33. The van der Waals surface area contributed by atoms with Crippen LogP contribution in [0.5, 0.6) is 17.2 Å². The van der Waals surface area contributed by atoms with Crippen LogP contribution >= 0.6 is 11.6 Å². The van der Waals surface area contributed by atoms with E-state index in [1.54, 1.807) is 18.2 Å². The molecule has 120 valence electrons. The van der Waals surface area contributed by atoms with Crippen molar-refractivity contribution < 1.29 is 19.7 Å². The molecule has 7 heteroatoms. The summed E-state index contributed by atoms with van der Waals surface area (Å²) in [6.45, 7) is 1.63. The van der Waals surface area contributed by atoms with Gasteiger partial charge in [-0.15, -0.1) is 0 Å². The Morgan fingerprint density at radius 3 is 2.78 bits per heavy atom. The summed E-state index contributed by atoms with van der Waals surface area (Å²) in [7, 11) is 0. The molecule has 0 radical (unpaired) electrons. The van der Waals surface area contributed by atoms with Crippen LogP contribution in [0.2, 0.25) is 5.02 Å². The number of aromatic hydroxyl groups is 2. The summed E-state index contributed by atoms with van der Waals surface area (Å²) in [5.74, 6) is -0.124. The van der Waals surface area contributed by atoms with Crippen LogP contribution in [0.4, 0.5) is 0 Å². The zero-order chi connectivity index (χ0) is 16.8. The highest BCUT2D eigenvalue weighted by Gasteiger charge is 2.04. The average molecular weight is 335 g/mol. The highest BCUT2D eigenvalue weighted by Crippen LogP contribution is 2.21. The second-order valence-electron chi connectivity index (χ2n) is 4.74. The largest absolute Gasteiger partial charge is 0.508 e. The molecule has 0 heterocycles. The van der Waals surface area contributed by atoms with Crippen molar-refractivity contribution in [2.75, 3.05) is 6.61 Å². The number of hydrogen-bond acceptors (Lipinski definition) is 5. The van der Waals surface area contributed by atoms with Gasteiger partial charge in [0.2, 0.25) is 0 Å². The van der Waals surface area contributed by atoms with Gasteiger partial charge in [0.05, 0.1) is 6.21 Å². The van der Waals surface area contributed by atoms with Gasteiger partial charge in [-0.25, -0.2) is 5.43 Å². The maximum atomic E-state index is 11.6. The highest BCUT2D eigenvalue weighted by molar-refractivity contribution is 6.31. The summed E-state index contributed by atoms with van der Waals surface area (Å²) in [4.78, 5) is 11.6. The number of nitrogens with one attached hydrogen (secondary N) is 1. The summed E-state index contributed by atoms with van der Waals surface area (Å²) in [5, 5.41) is 23.1. The fraction of sp³-hybridized carbons (Fsp3) is 0.125. The zero-order valence-corrected chi connectivity index (χ0v) is 13.0. The van der Waals surface area contributed by atoms with Crippen molar-refractivity contribution in [1.82, 2.24) is 5.43 Å². The standard InChI is InChI=1S/C16H15ClN2O4/c1-10-6-13(4-5-14(10)17)23-9-16(22)19-18-8-11-2-3-12(20)7-15(11)21/h2-8,20-21H,9H2,1H3,(H,19,22)/b18-8-. The van der Waals surface area contributed by atoms with Crippen molar-refractivity contribution in [2.24, 2.45) is 5.10 Å². The van der Waals surface area contributed by atoms with Crippen molar-refractivity contribution in [1.29, 1.82) is 0 Å². The number of hydrazone groups is 1. The van der Waals surface area contributed by atoms with E-state index in [1.165, 1.54) is 24.4 Å². The zero-order valence-electron chi connectivity index (χ0n) is 12.3. The van der Waals surface area contributed by atoms with Crippen LogP contribution in [-0.2, 0) is 4.79 Å². The van der Waals surface area contributed by atoms with Crippen molar-refractivity contribution in [3.8, 4) is 17.2 Å². The maximum Gasteiger partial charge on any atom is 0.277 e. The van der Waals surface area contributed by atoms with Gasteiger partial charge in [-0.2, -0.15) is 5.10 Å². The molecular formula is C16H15ClN2O4. The number of aryl methyl sites for hydroxylation is 1. The molecule has 0 saturated heterocycles. The van der Waals surface area contributed by atoms with Crippen molar-refractivity contribution in [3.05, 3.63) is 52.5 Å². The predicted molar refractivity (Wildman–Crippen MR) is 87.2 cm³/mol. The van der Waals surface area contributed by atoms with Gasteiger partial charge in [-0.3, -0.25) is 4.79 Å². The molecule has 2 aromatic carbocycles. The molecule has 2 rings (SSSR count). The van der Waals surface area contributed by atoms with Crippen molar-refractivity contribution in [3.63, 3.8) is 0 Å². The number of phenols is 2. The fourth-order valence-electron chi connectivity index (χ4n) is 1.70. The first kappa shape index (κ1) is 16.6. The molecule has 0 aliphatic carbocycles. The number of rotatable bonds is 5. The van der Waals surface area contributed by atoms with Gasteiger partial charge in [-0.05, 0) is 42.8 Å². The van der Waals surface area contributed by atoms with E-state index < -0.39 is 5.91 Å². The summed E-state index contributed by atoms with van der Waals surface area (Å²) < 4.78 is 5.32. The molecule has 0 aliphatic rings. The molecule has 3 N–H and O–H groups in total. The Morgan fingerprint density at radius 2 is 2.09 bits per heavy atom. The third-order valence-electron chi connectivity index (χ3n) is 2.91. The molecule has 0 aliphatic heterocycles. The van der Waals surface area contributed by atoms with E-state index in [9.17, 15) is 9.90 Å². The van der Waals surface area contributed by atoms with Gasteiger partial charge >= 0.3 is 0 Å². The SMILES string of the molecule is Cc1cc(OCC(=O)N/N=C\c2ccc(O)cc2O)ccc1Cl. The minimum absolute atomic E-state index is 0.0599. The number of hydrogen-bond donors (Lipinski definition) is 3. The van der Waals surface area contributed by atoms with Crippen molar-refractivity contribution in [2.45, 2.75) is 6.92 Å². The number of carbonyl (C=O) groups is 1. The lowest BCUT2D eigenvalue weighted by Crippen LogP contribution is -2.24. The molecule has 0 aromatic heterocycles. The van der Waals surface area contributed by atoms with E-state index >= 15 is 0 Å². The molecule has 1 amide bonds. The van der Waals surface area contributed by atoms with Crippen LogP contribution < -0.4 is 10.2 Å². The third kappa shape index (κ3) is 4.89. The van der Waals surface area contributed by atoms with Gasteiger partial charge in [-0.1, -0.05) is 11.6 Å². The lowest BCUT2D eigenvalue weighted by Gasteiger charge is -2.06. The summed E-state index contributed by atoms with van der Waals surface area (Å²) >= 11 is 5.90. The van der Waals surface area contributed by atoms with Gasteiger partial charge in [0.15, 0.2) is 6.61 Å². The van der Waals surface area contributed by atoms with Crippen LogP contribution in [-0.4, -0.2) is 28.9 Å². The Bertz CT molecular complexity index is 747. The molecule has 0 bridgehead atoms. The van der Waals surface area contributed by atoms with E-state index in [2.05, 4.69) is 10.5 Å². The molecular weight excluding hydrogens is 320 g/mol. The smallest absolute Gasteiger partial charge is 0.277 e. The lowest BCUT2D eigenvalue weighted by atomic mass is 10.2. The molecule has 0 saturated carbocycles. The normalized spacial score (nSPS) is 10.7. The van der Waals surface area contributed by atoms with E-state index in [1.807, 2.05) is 6.92 Å². The quantitative estimate of drug-likeness (QED) is 0.579. The second kappa shape index (κ2) is 7.51. The summed E-state index contributed by atoms with van der Waals surface area (Å²) in [6.07, 6.45) is 1.26. The minimum atomic E-state index is -0.452. The molecule has 0 spiro atoms.